The molecule has 1 N–H and O–H groups in total. The van der Waals surface area contributed by atoms with E-state index < -0.39 is 0 Å². The first-order chi connectivity index (χ1) is 18.8. The van der Waals surface area contributed by atoms with Crippen molar-refractivity contribution in [2.75, 3.05) is 52.7 Å². The lowest BCUT2D eigenvalue weighted by atomic mass is 10.1. The lowest BCUT2D eigenvalue weighted by Crippen LogP contribution is -2.47. The molecule has 7 heteroatoms. The van der Waals surface area contributed by atoms with Crippen molar-refractivity contribution in [3.8, 4) is 0 Å². The monoisotopic (exact) mass is 525 g/mol. The fraction of sp³-hybridized carbons (Fsp3) is 0.312. The molecule has 0 aliphatic carbocycles. The van der Waals surface area contributed by atoms with E-state index in [4.69, 9.17) is 0 Å². The molecular weight excluding hydrogens is 486 g/mol. The number of carbonyl (C=O) groups excluding carboxylic acids is 2. The number of aromatic amines is 1. The van der Waals surface area contributed by atoms with Gasteiger partial charge < -0.3 is 24.6 Å². The summed E-state index contributed by atoms with van der Waals surface area (Å²) in [4.78, 5) is 37.3. The van der Waals surface area contributed by atoms with Gasteiger partial charge in [0.15, 0.2) is 0 Å². The van der Waals surface area contributed by atoms with Gasteiger partial charge in [-0.25, -0.2) is 4.79 Å². The number of carbonyl (C=O) groups is 2. The average molecular weight is 526 g/mol. The van der Waals surface area contributed by atoms with Gasteiger partial charge in [0.25, 0.3) is 0 Å². The van der Waals surface area contributed by atoms with Crippen molar-refractivity contribution in [1.82, 2.24) is 19.7 Å². The number of anilines is 1. The van der Waals surface area contributed by atoms with E-state index in [1.165, 1.54) is 15.8 Å². The number of benzene rings is 3. The minimum Gasteiger partial charge on any atom is -0.378 e. The summed E-state index contributed by atoms with van der Waals surface area (Å²) in [7, 11) is 7.47. The van der Waals surface area contributed by atoms with E-state index in [0.29, 0.717) is 26.1 Å². The Labute approximate surface area is 231 Å². The minimum atomic E-state index is -0.161. The SMILES string of the molecule is CN(C)C(=O)N(CCc1ccccc1)CC(=O)N(CCc1c[nH]c2ccccc12)Cc1ccc(N(C)C)cc1. The highest BCUT2D eigenvalue weighted by Gasteiger charge is 2.23. The van der Waals surface area contributed by atoms with Crippen molar-refractivity contribution in [3.05, 3.63) is 102 Å². The summed E-state index contributed by atoms with van der Waals surface area (Å²) in [5.74, 6) is -0.0604. The van der Waals surface area contributed by atoms with Crippen LogP contribution in [0, 0.1) is 0 Å². The quantitative estimate of drug-likeness (QED) is 0.299. The molecule has 0 unspecified atom stereocenters. The fourth-order valence-corrected chi connectivity index (χ4v) is 4.70. The highest BCUT2D eigenvalue weighted by molar-refractivity contribution is 5.85. The topological polar surface area (TPSA) is 62.9 Å². The molecule has 39 heavy (non-hydrogen) atoms. The molecule has 3 amide bonds. The Morgan fingerprint density at radius 2 is 1.38 bits per heavy atom. The van der Waals surface area contributed by atoms with Crippen molar-refractivity contribution in [3.63, 3.8) is 0 Å². The van der Waals surface area contributed by atoms with E-state index in [1.807, 2.05) is 67.7 Å². The summed E-state index contributed by atoms with van der Waals surface area (Å²) in [5.41, 5.74) is 5.57. The smallest absolute Gasteiger partial charge is 0.319 e. The molecule has 0 atom stereocenters. The predicted molar refractivity (Wildman–Crippen MR) is 159 cm³/mol. The standard InChI is InChI=1S/C32H39N5O2/c1-34(2)28-16-14-26(15-17-28)23-36(21-19-27-22-33-30-13-9-8-12-29(27)30)31(38)24-37(32(39)35(3)4)20-18-25-10-6-5-7-11-25/h5-17,22,33H,18-21,23-24H2,1-4H3. The Kier molecular flexibility index (Phi) is 9.26. The second-order valence-corrected chi connectivity index (χ2v) is 10.3. The van der Waals surface area contributed by atoms with Crippen LogP contribution in [-0.2, 0) is 24.2 Å². The highest BCUT2D eigenvalue weighted by atomic mass is 16.2. The molecule has 4 aromatic rings. The molecule has 4 rings (SSSR count). The van der Waals surface area contributed by atoms with Crippen LogP contribution < -0.4 is 4.90 Å². The lowest BCUT2D eigenvalue weighted by Gasteiger charge is -2.30. The van der Waals surface area contributed by atoms with Gasteiger partial charge in [0.05, 0.1) is 0 Å². The molecule has 1 aromatic heterocycles. The molecular formula is C32H39N5O2. The highest BCUT2D eigenvalue weighted by Crippen LogP contribution is 2.20. The van der Waals surface area contributed by atoms with E-state index in [0.717, 1.165) is 28.8 Å². The summed E-state index contributed by atoms with van der Waals surface area (Å²) in [6, 6.07) is 26.4. The van der Waals surface area contributed by atoms with Crippen molar-refractivity contribution >= 4 is 28.5 Å². The van der Waals surface area contributed by atoms with Gasteiger partial charge in [-0.3, -0.25) is 4.79 Å². The maximum absolute atomic E-state index is 13.8. The molecule has 0 saturated carbocycles. The van der Waals surface area contributed by atoms with Crippen LogP contribution >= 0.6 is 0 Å². The third-order valence-electron chi connectivity index (χ3n) is 7.00. The first-order valence-electron chi connectivity index (χ1n) is 13.4. The van der Waals surface area contributed by atoms with Crippen LogP contribution in [0.2, 0.25) is 0 Å². The Balaban J connectivity index is 1.52. The number of aromatic nitrogens is 1. The van der Waals surface area contributed by atoms with E-state index in [2.05, 4.69) is 46.3 Å². The third-order valence-corrected chi connectivity index (χ3v) is 7.00. The molecule has 0 radical (unpaired) electrons. The molecule has 0 bridgehead atoms. The number of nitrogens with zero attached hydrogens (tertiary/aromatic N) is 4. The maximum Gasteiger partial charge on any atom is 0.319 e. The Hall–Kier alpha value is -4.26. The minimum absolute atomic E-state index is 0.0352. The van der Waals surface area contributed by atoms with Crippen molar-refractivity contribution in [2.45, 2.75) is 19.4 Å². The second kappa shape index (κ2) is 13.0. The number of hydrogen-bond acceptors (Lipinski definition) is 3. The zero-order valence-corrected chi connectivity index (χ0v) is 23.4. The Bertz CT molecular complexity index is 1360. The molecule has 0 aliphatic rings. The fourth-order valence-electron chi connectivity index (χ4n) is 4.70. The number of urea groups is 1. The van der Waals surface area contributed by atoms with E-state index in [-0.39, 0.29) is 18.5 Å². The zero-order chi connectivity index (χ0) is 27.8. The number of nitrogens with one attached hydrogen (secondary N) is 1. The number of para-hydroxylation sites is 1. The maximum atomic E-state index is 13.8. The van der Waals surface area contributed by atoms with Crippen molar-refractivity contribution < 1.29 is 9.59 Å². The van der Waals surface area contributed by atoms with E-state index in [9.17, 15) is 9.59 Å². The molecule has 0 aliphatic heterocycles. The molecule has 1 heterocycles. The van der Waals surface area contributed by atoms with Gasteiger partial charge in [0.1, 0.15) is 6.54 Å². The molecule has 3 aromatic carbocycles. The van der Waals surface area contributed by atoms with Gasteiger partial charge in [-0.15, -0.1) is 0 Å². The Morgan fingerprint density at radius 3 is 2.08 bits per heavy atom. The van der Waals surface area contributed by atoms with Gasteiger partial charge >= 0.3 is 6.03 Å². The van der Waals surface area contributed by atoms with Gasteiger partial charge in [0.2, 0.25) is 5.91 Å². The number of rotatable bonds is 11. The summed E-state index contributed by atoms with van der Waals surface area (Å²) in [5, 5.41) is 1.17. The largest absolute Gasteiger partial charge is 0.378 e. The Morgan fingerprint density at radius 1 is 0.718 bits per heavy atom. The molecule has 7 nitrogen and oxygen atoms in total. The van der Waals surface area contributed by atoms with Crippen LogP contribution in [0.5, 0.6) is 0 Å². The summed E-state index contributed by atoms with van der Waals surface area (Å²) in [6.07, 6.45) is 3.44. The van der Waals surface area contributed by atoms with E-state index >= 15 is 0 Å². The zero-order valence-electron chi connectivity index (χ0n) is 23.4. The average Bonchev–Trinajstić information content (AvgIpc) is 3.36. The molecule has 0 saturated heterocycles. The van der Waals surface area contributed by atoms with Crippen molar-refractivity contribution in [1.29, 1.82) is 0 Å². The molecule has 0 spiro atoms. The van der Waals surface area contributed by atoms with Crippen LogP contribution in [0.25, 0.3) is 10.9 Å². The number of hydrogen-bond donors (Lipinski definition) is 1. The first kappa shape index (κ1) is 27.8. The first-order valence-corrected chi connectivity index (χ1v) is 13.4. The van der Waals surface area contributed by atoms with Crippen LogP contribution in [0.15, 0.2) is 85.1 Å². The predicted octanol–water partition coefficient (Wildman–Crippen LogP) is 5.03. The van der Waals surface area contributed by atoms with E-state index in [1.54, 1.807) is 19.0 Å². The van der Waals surface area contributed by atoms with Gasteiger partial charge in [-0.2, -0.15) is 0 Å². The van der Waals surface area contributed by atoms with Crippen LogP contribution in [0.1, 0.15) is 16.7 Å². The van der Waals surface area contributed by atoms with Crippen LogP contribution in [-0.4, -0.2) is 79.4 Å². The second-order valence-electron chi connectivity index (χ2n) is 10.3. The van der Waals surface area contributed by atoms with Crippen molar-refractivity contribution in [2.24, 2.45) is 0 Å². The normalized spacial score (nSPS) is 10.9. The van der Waals surface area contributed by atoms with Gasteiger partial charge in [0, 0.05) is 70.6 Å². The number of amides is 3. The van der Waals surface area contributed by atoms with Crippen LogP contribution in [0.4, 0.5) is 10.5 Å². The third kappa shape index (κ3) is 7.41. The summed E-state index contributed by atoms with van der Waals surface area (Å²) in [6.45, 7) is 1.55. The van der Waals surface area contributed by atoms with Gasteiger partial charge in [-0.1, -0.05) is 60.7 Å². The molecule has 0 fully saturated rings. The lowest BCUT2D eigenvalue weighted by molar-refractivity contribution is -0.132. The number of H-pyrrole nitrogens is 1. The van der Waals surface area contributed by atoms with Crippen LogP contribution in [0.3, 0.4) is 0 Å². The van der Waals surface area contributed by atoms with Gasteiger partial charge in [-0.05, 0) is 47.7 Å². The molecule has 204 valence electrons. The summed E-state index contributed by atoms with van der Waals surface area (Å²) < 4.78 is 0. The number of fused-ring (bicyclic) bond motifs is 1. The summed E-state index contributed by atoms with van der Waals surface area (Å²) >= 11 is 0.